The molecule has 338 valence electrons. The van der Waals surface area contributed by atoms with Gasteiger partial charge in [0.25, 0.3) is 0 Å². The van der Waals surface area contributed by atoms with Crippen LogP contribution >= 0.6 is 0 Å². The summed E-state index contributed by atoms with van der Waals surface area (Å²) in [6.45, 7) is 7.95. The quantitative estimate of drug-likeness (QED) is 0.0996. The number of ether oxygens (including phenoxy) is 3. The van der Waals surface area contributed by atoms with Gasteiger partial charge in [0.1, 0.15) is 29.5 Å². The molecule has 4 N–H and O–H groups in total. The summed E-state index contributed by atoms with van der Waals surface area (Å²) >= 11 is 0. The van der Waals surface area contributed by atoms with Crippen molar-refractivity contribution in [2.24, 2.45) is 11.8 Å². The number of benzene rings is 3. The fourth-order valence-electron chi connectivity index (χ4n) is 9.50. The molecule has 0 unspecified atom stereocenters. The van der Waals surface area contributed by atoms with Crippen LogP contribution in [-0.4, -0.2) is 97.6 Å². The molecule has 0 aliphatic carbocycles. The Labute approximate surface area is 385 Å². The molecule has 0 saturated carbocycles. The summed E-state index contributed by atoms with van der Waals surface area (Å²) < 4.78 is 61.7. The van der Waals surface area contributed by atoms with Crippen LogP contribution in [0.25, 0.3) is 44.7 Å². The van der Waals surface area contributed by atoms with E-state index in [0.717, 1.165) is 51.0 Å². The lowest BCUT2D eigenvalue weighted by Crippen LogP contribution is -2.51. The second-order valence-electron chi connectivity index (χ2n) is 17.5. The van der Waals surface area contributed by atoms with Gasteiger partial charge in [0.05, 0.1) is 69.4 Å². The number of rotatable bonds is 11. The van der Waals surface area contributed by atoms with Gasteiger partial charge in [-0.05, 0) is 67.9 Å². The van der Waals surface area contributed by atoms with Gasteiger partial charge in [-0.25, -0.2) is 19.6 Å². The van der Waals surface area contributed by atoms with E-state index in [1.807, 2.05) is 54.6 Å². The number of methoxy groups -OCH3 is 2. The zero-order valence-corrected chi connectivity index (χ0v) is 36.5. The average Bonchev–Trinajstić information content (AvgIpc) is 4.17. The highest BCUT2D eigenvalue weighted by molar-refractivity contribution is 5.93. The van der Waals surface area contributed by atoms with E-state index in [2.05, 4.69) is 52.8 Å². The van der Waals surface area contributed by atoms with Gasteiger partial charge in [0, 0.05) is 40.7 Å². The number of aromatic amines is 2. The molecule has 5 atom stereocenters. The maximum Gasteiger partial charge on any atom is 0.407 e. The third-order valence-electron chi connectivity index (χ3n) is 12.8. The molecular weight excluding hydrogens is 827 g/mol. The van der Waals surface area contributed by atoms with Crippen molar-refractivity contribution in [3.05, 3.63) is 102 Å². The van der Waals surface area contributed by atoms with Crippen LogP contribution in [0.5, 0.6) is 5.75 Å². The molecule has 4 amide bonds. The Morgan fingerprint density at radius 1 is 0.738 bits per heavy atom. The first-order chi connectivity index (χ1) is 33.7. The Morgan fingerprint density at radius 2 is 1.29 bits per heavy atom. The fourth-order valence-corrected chi connectivity index (χ4v) is 9.50. The zero-order valence-electron chi connectivity index (χ0n) is 42.5. The molecule has 0 radical (unpaired) electrons. The zero-order chi connectivity index (χ0) is 50.5. The Bertz CT molecular complexity index is 2970. The number of carbonyl (C=O) groups excluding carboxylic acids is 4. The number of likely N-dealkylation sites (tertiary alicyclic amines) is 2. The number of fused-ring (bicyclic) bond motifs is 5. The number of imidazole rings is 2. The van der Waals surface area contributed by atoms with Crippen molar-refractivity contribution in [3.63, 3.8) is 0 Å². The first-order valence-electron chi connectivity index (χ1n) is 24.9. The van der Waals surface area contributed by atoms with Crippen molar-refractivity contribution in [3.8, 4) is 39.5 Å². The maximum atomic E-state index is 13.9. The van der Waals surface area contributed by atoms with Gasteiger partial charge in [0.2, 0.25) is 18.0 Å². The summed E-state index contributed by atoms with van der Waals surface area (Å²) in [5, 5.41) is 5.87. The molecule has 3 aromatic carbocycles. The highest BCUT2D eigenvalue weighted by atomic mass is 16.5. The van der Waals surface area contributed by atoms with Crippen LogP contribution in [0.3, 0.4) is 0 Å². The van der Waals surface area contributed by atoms with Crippen LogP contribution < -0.4 is 15.4 Å². The molecule has 0 bridgehead atoms. The first kappa shape index (κ1) is 36.3. The highest BCUT2D eigenvalue weighted by Crippen LogP contribution is 2.46. The van der Waals surface area contributed by atoms with E-state index < -0.39 is 50.6 Å². The van der Waals surface area contributed by atoms with Crippen molar-refractivity contribution in [2.75, 3.05) is 27.2 Å². The van der Waals surface area contributed by atoms with Crippen LogP contribution in [0, 0.1) is 11.8 Å². The minimum atomic E-state index is -2.95. The number of nitrogens with one attached hydrogen (secondary N) is 4. The molecule has 9 rings (SSSR count). The third-order valence-corrected chi connectivity index (χ3v) is 12.8. The first-order valence-corrected chi connectivity index (χ1v) is 21.9. The number of nitrogens with zero attached hydrogens (tertiary/aromatic N) is 5. The monoisotopic (exact) mass is 887 g/mol. The molecule has 6 heterocycles. The summed E-state index contributed by atoms with van der Waals surface area (Å²) in [6, 6.07) is 21.5. The Morgan fingerprint density at radius 3 is 1.85 bits per heavy atom. The van der Waals surface area contributed by atoms with Gasteiger partial charge in [0.15, 0.2) is 0 Å². The maximum absolute atomic E-state index is 13.9. The summed E-state index contributed by atoms with van der Waals surface area (Å²) in [6.07, 6.45) is 3.30. The lowest BCUT2D eigenvalue weighted by molar-refractivity contribution is -0.136. The largest absolute Gasteiger partial charge is 0.465 e. The van der Waals surface area contributed by atoms with Crippen molar-refractivity contribution in [2.45, 2.75) is 83.8 Å². The highest BCUT2D eigenvalue weighted by Gasteiger charge is 2.39. The molecule has 16 nitrogen and oxygen atoms in total. The molecule has 0 spiro atoms. The standard InChI is InChI=1S/C49H55N9O7/c1-27(2)41(54-48(61)63-5)45(59)56-20-10-14-37(56)43-50-25-34(52-43)30-17-19-36-32(22-30)23-39-33-18-16-31(24-40(33)65-47(58(36)39)29-12-8-7-9-13-29)35-26-51-44(53-35)38-15-11-21-57(38)46(60)42(28(3)4)55-49(62)64-6/h7-9,12-13,16-19,22-28,37-38,41-42,47H,10-11,14-15,20-21H2,1-6H3,(H,50,52)(H,51,53)(H,54,61)(H,55,62)/t37-,38-,41-,42-,47-/m0/s1/i5D3,6D3. The second-order valence-corrected chi connectivity index (χ2v) is 17.5. The number of carbonyl (C=O) groups is 4. The summed E-state index contributed by atoms with van der Waals surface area (Å²) in [5.74, 6) is 0.446. The molecular formula is C49H55N9O7. The average molecular weight is 888 g/mol. The van der Waals surface area contributed by atoms with E-state index >= 15 is 0 Å². The number of hydrogen-bond acceptors (Lipinski definition) is 9. The van der Waals surface area contributed by atoms with E-state index in [1.54, 1.807) is 49.9 Å². The lowest BCUT2D eigenvalue weighted by atomic mass is 10.0. The molecule has 16 heteroatoms. The second kappa shape index (κ2) is 17.8. The number of H-pyrrole nitrogens is 2. The van der Waals surface area contributed by atoms with E-state index in [9.17, 15) is 19.2 Å². The van der Waals surface area contributed by atoms with Crippen molar-refractivity contribution < 1.29 is 41.6 Å². The minimum Gasteiger partial charge on any atom is -0.465 e. The van der Waals surface area contributed by atoms with E-state index in [0.29, 0.717) is 55.4 Å². The van der Waals surface area contributed by atoms with Crippen molar-refractivity contribution in [1.82, 2.24) is 44.9 Å². The Hall–Kier alpha value is -7.10. The van der Waals surface area contributed by atoms with Crippen LogP contribution in [0.4, 0.5) is 9.59 Å². The third kappa shape index (κ3) is 8.17. The van der Waals surface area contributed by atoms with Crippen LogP contribution in [0.15, 0.2) is 85.2 Å². The molecule has 6 aromatic rings. The minimum absolute atomic E-state index is 0.344. The van der Waals surface area contributed by atoms with Crippen molar-refractivity contribution in [1.29, 1.82) is 0 Å². The molecule has 65 heavy (non-hydrogen) atoms. The predicted octanol–water partition coefficient (Wildman–Crippen LogP) is 8.12. The van der Waals surface area contributed by atoms with Gasteiger partial charge in [-0.2, -0.15) is 0 Å². The molecule has 3 aliphatic rings. The van der Waals surface area contributed by atoms with Gasteiger partial charge >= 0.3 is 12.2 Å². The summed E-state index contributed by atoms with van der Waals surface area (Å²) in [4.78, 5) is 72.3. The summed E-state index contributed by atoms with van der Waals surface area (Å²) in [5.41, 5.74) is 6.88. The van der Waals surface area contributed by atoms with Crippen LogP contribution in [0.2, 0.25) is 0 Å². The number of hydrogen-bond donors (Lipinski definition) is 4. The molecule has 2 saturated heterocycles. The normalized spacial score (nSPS) is 20.6. The van der Waals surface area contributed by atoms with Gasteiger partial charge in [-0.15, -0.1) is 0 Å². The number of amides is 4. The van der Waals surface area contributed by atoms with Crippen LogP contribution in [0.1, 0.15) is 97.1 Å². The smallest absolute Gasteiger partial charge is 0.407 e. The van der Waals surface area contributed by atoms with Gasteiger partial charge in [-0.1, -0.05) is 70.2 Å². The van der Waals surface area contributed by atoms with Gasteiger partial charge in [-0.3, -0.25) is 9.59 Å². The Kier molecular flexibility index (Phi) is 9.94. The topological polar surface area (TPSA) is 189 Å². The van der Waals surface area contributed by atoms with E-state index in [1.165, 1.54) is 0 Å². The fraction of sp³-hybridized carbons (Fsp3) is 0.388. The molecule has 2 fully saturated rings. The van der Waals surface area contributed by atoms with Crippen molar-refractivity contribution >= 4 is 34.9 Å². The van der Waals surface area contributed by atoms with E-state index in [-0.39, 0.29) is 29.7 Å². The predicted molar refractivity (Wildman–Crippen MR) is 243 cm³/mol. The number of alkyl carbamates (subject to hydrolysis) is 2. The summed E-state index contributed by atoms with van der Waals surface area (Å²) in [7, 11) is -5.89. The van der Waals surface area contributed by atoms with Crippen LogP contribution in [-0.2, 0) is 19.1 Å². The molecule has 3 aromatic heterocycles. The van der Waals surface area contributed by atoms with Gasteiger partial charge < -0.3 is 49.2 Å². The van der Waals surface area contributed by atoms with E-state index in [4.69, 9.17) is 22.9 Å². The SMILES string of the molecule is [2H]C([2H])([2H])OC(=O)N[C@H](C(=O)N1CCC[C@H]1c1ncc(-c2ccc3c(c2)O[C@@H](c2ccccc2)n2c-3cc3cc(-c4cnc([C@@H]5CCCN5C(=O)[C@@H](NC(=O)OC([2H])([2H])[2H])C(C)C)[nH]4)ccc32)[nH]1)C(C)C. The number of aromatic nitrogens is 5. The molecule has 3 aliphatic heterocycles. The lowest BCUT2D eigenvalue weighted by Gasteiger charge is -2.30. The Balaban J connectivity index is 0.972.